The molecule has 21 heavy (non-hydrogen) atoms. The van der Waals surface area contributed by atoms with Gasteiger partial charge in [-0.25, -0.2) is 4.39 Å². The van der Waals surface area contributed by atoms with Crippen molar-refractivity contribution in [3.63, 3.8) is 0 Å². The highest BCUT2D eigenvalue weighted by molar-refractivity contribution is 5.46. The van der Waals surface area contributed by atoms with Crippen LogP contribution < -0.4 is 5.32 Å². The minimum absolute atomic E-state index is 0.0352. The van der Waals surface area contributed by atoms with Crippen LogP contribution in [0, 0.1) is 40.4 Å². The second-order valence-electron chi connectivity index (χ2n) is 5.70. The molecule has 2 aromatic rings. The fraction of sp³-hybridized carbons (Fsp3) is 0.444. The van der Waals surface area contributed by atoms with E-state index in [1.807, 2.05) is 27.7 Å². The standard InChI is InChI=1S/C18H24FNO/c1-7-20-18(17-12(4)13(5)21-14(17)6)16-10(2)8-15(19)9-11(16)3/h8-9,18,20H,7H2,1-6H3. The third-order valence-corrected chi connectivity index (χ3v) is 4.16. The van der Waals surface area contributed by atoms with Gasteiger partial charge in [0.15, 0.2) is 0 Å². The molecule has 0 amide bonds. The molecule has 0 saturated heterocycles. The minimum atomic E-state index is -0.180. The van der Waals surface area contributed by atoms with E-state index in [1.54, 1.807) is 12.1 Å². The predicted octanol–water partition coefficient (Wildman–Crippen LogP) is 4.66. The molecular formula is C18H24FNO. The number of hydrogen-bond acceptors (Lipinski definition) is 2. The Hall–Kier alpha value is -1.61. The van der Waals surface area contributed by atoms with E-state index in [9.17, 15) is 4.39 Å². The maximum Gasteiger partial charge on any atom is 0.123 e. The molecule has 114 valence electrons. The molecule has 1 aromatic carbocycles. The molecule has 0 aliphatic carbocycles. The first-order valence-corrected chi connectivity index (χ1v) is 7.43. The van der Waals surface area contributed by atoms with E-state index in [2.05, 4.69) is 19.2 Å². The lowest BCUT2D eigenvalue weighted by Crippen LogP contribution is -2.24. The Bertz CT molecular complexity index is 634. The SMILES string of the molecule is CCNC(c1c(C)cc(F)cc1C)c1c(C)oc(C)c1C. The zero-order chi connectivity index (χ0) is 15.7. The molecule has 0 spiro atoms. The molecule has 1 heterocycles. The van der Waals surface area contributed by atoms with Gasteiger partial charge in [-0.3, -0.25) is 0 Å². The first-order valence-electron chi connectivity index (χ1n) is 7.43. The van der Waals surface area contributed by atoms with Crippen molar-refractivity contribution in [1.29, 1.82) is 0 Å². The monoisotopic (exact) mass is 289 g/mol. The van der Waals surface area contributed by atoms with Crippen molar-refractivity contribution in [3.8, 4) is 0 Å². The molecule has 0 saturated carbocycles. The summed E-state index contributed by atoms with van der Waals surface area (Å²) in [6.07, 6.45) is 0. The van der Waals surface area contributed by atoms with E-state index in [1.165, 1.54) is 11.1 Å². The average Bonchev–Trinajstić information content (AvgIpc) is 2.61. The van der Waals surface area contributed by atoms with Gasteiger partial charge in [0, 0.05) is 5.56 Å². The lowest BCUT2D eigenvalue weighted by molar-refractivity contribution is 0.493. The average molecular weight is 289 g/mol. The molecule has 1 N–H and O–H groups in total. The number of nitrogens with one attached hydrogen (secondary N) is 1. The molecule has 2 rings (SSSR count). The number of aryl methyl sites for hydroxylation is 4. The van der Waals surface area contributed by atoms with E-state index < -0.39 is 0 Å². The maximum absolute atomic E-state index is 13.6. The van der Waals surface area contributed by atoms with Crippen LogP contribution in [0.5, 0.6) is 0 Å². The Labute approximate surface area is 126 Å². The van der Waals surface area contributed by atoms with Crippen LogP contribution in [0.15, 0.2) is 16.5 Å². The van der Waals surface area contributed by atoms with Crippen molar-refractivity contribution in [2.75, 3.05) is 6.54 Å². The normalized spacial score (nSPS) is 12.7. The van der Waals surface area contributed by atoms with Crippen LogP contribution >= 0.6 is 0 Å². The molecule has 0 aliphatic heterocycles. The zero-order valence-corrected chi connectivity index (χ0v) is 13.7. The van der Waals surface area contributed by atoms with Gasteiger partial charge < -0.3 is 9.73 Å². The first kappa shape index (κ1) is 15.8. The second kappa shape index (κ2) is 6.02. The second-order valence-corrected chi connectivity index (χ2v) is 5.70. The van der Waals surface area contributed by atoms with Gasteiger partial charge in [0.05, 0.1) is 6.04 Å². The Kier molecular flexibility index (Phi) is 4.52. The van der Waals surface area contributed by atoms with Gasteiger partial charge in [0.25, 0.3) is 0 Å². The van der Waals surface area contributed by atoms with E-state index in [0.717, 1.165) is 34.8 Å². The molecule has 3 heteroatoms. The van der Waals surface area contributed by atoms with E-state index >= 15 is 0 Å². The van der Waals surface area contributed by atoms with Crippen molar-refractivity contribution in [3.05, 3.63) is 57.3 Å². The summed E-state index contributed by atoms with van der Waals surface area (Å²) >= 11 is 0. The van der Waals surface area contributed by atoms with Crippen LogP contribution in [0.3, 0.4) is 0 Å². The summed E-state index contributed by atoms with van der Waals surface area (Å²) < 4.78 is 19.4. The summed E-state index contributed by atoms with van der Waals surface area (Å²) in [6.45, 7) is 12.9. The molecule has 0 fully saturated rings. The lowest BCUT2D eigenvalue weighted by atomic mass is 9.89. The molecule has 1 atom stereocenters. The van der Waals surface area contributed by atoms with Gasteiger partial charge in [0.2, 0.25) is 0 Å². The summed E-state index contributed by atoms with van der Waals surface area (Å²) in [6, 6.07) is 3.24. The van der Waals surface area contributed by atoms with Crippen molar-refractivity contribution in [1.82, 2.24) is 5.32 Å². The highest BCUT2D eigenvalue weighted by Gasteiger charge is 2.24. The molecule has 1 unspecified atom stereocenters. The van der Waals surface area contributed by atoms with Crippen molar-refractivity contribution < 1.29 is 8.81 Å². The lowest BCUT2D eigenvalue weighted by Gasteiger charge is -2.23. The van der Waals surface area contributed by atoms with Crippen LogP contribution in [0.4, 0.5) is 4.39 Å². The Morgan fingerprint density at radius 3 is 2.00 bits per heavy atom. The van der Waals surface area contributed by atoms with Crippen molar-refractivity contribution >= 4 is 0 Å². The molecule has 1 aromatic heterocycles. The Morgan fingerprint density at radius 2 is 1.57 bits per heavy atom. The summed E-state index contributed by atoms with van der Waals surface area (Å²) in [5.41, 5.74) is 5.42. The summed E-state index contributed by atoms with van der Waals surface area (Å²) in [5.74, 6) is 1.70. The fourth-order valence-electron chi connectivity index (χ4n) is 3.16. The topological polar surface area (TPSA) is 25.2 Å². The van der Waals surface area contributed by atoms with Crippen LogP contribution in [0.25, 0.3) is 0 Å². The first-order chi connectivity index (χ1) is 9.86. The third kappa shape index (κ3) is 2.88. The summed E-state index contributed by atoms with van der Waals surface area (Å²) in [5, 5.41) is 3.53. The van der Waals surface area contributed by atoms with Gasteiger partial charge in [0.1, 0.15) is 17.3 Å². The van der Waals surface area contributed by atoms with Crippen LogP contribution in [0.1, 0.15) is 52.3 Å². The Balaban J connectivity index is 2.65. The number of benzene rings is 1. The van der Waals surface area contributed by atoms with Gasteiger partial charge in [-0.15, -0.1) is 0 Å². The van der Waals surface area contributed by atoms with Crippen LogP contribution in [-0.2, 0) is 0 Å². The van der Waals surface area contributed by atoms with Crippen molar-refractivity contribution in [2.45, 2.75) is 47.6 Å². The van der Waals surface area contributed by atoms with Crippen molar-refractivity contribution in [2.24, 2.45) is 0 Å². The van der Waals surface area contributed by atoms with E-state index in [0.29, 0.717) is 0 Å². The number of furan rings is 1. The third-order valence-electron chi connectivity index (χ3n) is 4.16. The Morgan fingerprint density at radius 1 is 1.00 bits per heavy atom. The smallest absolute Gasteiger partial charge is 0.123 e. The molecular weight excluding hydrogens is 265 g/mol. The number of halogens is 1. The predicted molar refractivity (Wildman–Crippen MR) is 84.3 cm³/mol. The molecule has 2 nitrogen and oxygen atoms in total. The zero-order valence-electron chi connectivity index (χ0n) is 13.7. The number of hydrogen-bond donors (Lipinski definition) is 1. The highest BCUT2D eigenvalue weighted by Crippen LogP contribution is 2.34. The van der Waals surface area contributed by atoms with E-state index in [4.69, 9.17) is 4.42 Å². The summed E-state index contributed by atoms with van der Waals surface area (Å²) in [7, 11) is 0. The van der Waals surface area contributed by atoms with Gasteiger partial charge in [-0.05, 0) is 75.5 Å². The fourth-order valence-corrected chi connectivity index (χ4v) is 3.16. The highest BCUT2D eigenvalue weighted by atomic mass is 19.1. The molecule has 0 bridgehead atoms. The molecule has 0 aliphatic rings. The minimum Gasteiger partial charge on any atom is -0.466 e. The summed E-state index contributed by atoms with van der Waals surface area (Å²) in [4.78, 5) is 0. The maximum atomic E-state index is 13.6. The largest absolute Gasteiger partial charge is 0.466 e. The van der Waals surface area contributed by atoms with E-state index in [-0.39, 0.29) is 11.9 Å². The quantitative estimate of drug-likeness (QED) is 0.885. The van der Waals surface area contributed by atoms with Gasteiger partial charge >= 0.3 is 0 Å². The van der Waals surface area contributed by atoms with Gasteiger partial charge in [-0.1, -0.05) is 6.92 Å². The number of rotatable bonds is 4. The van der Waals surface area contributed by atoms with Crippen LogP contribution in [0.2, 0.25) is 0 Å². The molecule has 0 radical (unpaired) electrons. The van der Waals surface area contributed by atoms with Gasteiger partial charge in [-0.2, -0.15) is 0 Å². The van der Waals surface area contributed by atoms with Crippen LogP contribution in [-0.4, -0.2) is 6.54 Å².